The molecule has 0 amide bonds. The Morgan fingerprint density at radius 3 is 2.21 bits per heavy atom. The number of rotatable bonds is 6. The van der Waals surface area contributed by atoms with Crippen molar-refractivity contribution in [2.45, 2.75) is 19.2 Å². The Bertz CT molecular complexity index is 888. The summed E-state index contributed by atoms with van der Waals surface area (Å²) in [4.78, 5) is 0. The van der Waals surface area contributed by atoms with E-state index in [1.54, 1.807) is 6.26 Å². The largest absolute Gasteiger partial charge is 0.463 e. The summed E-state index contributed by atoms with van der Waals surface area (Å²) >= 11 is 0. The van der Waals surface area contributed by atoms with Crippen molar-refractivity contribution in [1.29, 1.82) is 0 Å². The number of nitrogens with zero attached hydrogens (tertiary/aromatic N) is 1. The highest BCUT2D eigenvalue weighted by molar-refractivity contribution is 6.07. The lowest BCUT2D eigenvalue weighted by atomic mass is 10.2. The molecule has 4 aromatic rings. The van der Waals surface area contributed by atoms with E-state index in [2.05, 4.69) is 46.3 Å². The lowest BCUT2D eigenvalue weighted by Crippen LogP contribution is -2.85. The van der Waals surface area contributed by atoms with Crippen LogP contribution in [-0.4, -0.2) is 22.3 Å². The lowest BCUT2D eigenvalue weighted by molar-refractivity contribution is -0.678. The number of hydrogen-bond donors (Lipinski definition) is 2. The molecular formula is C20H21N2O2+. The monoisotopic (exact) mass is 321 g/mol. The molecule has 0 saturated heterocycles. The Morgan fingerprint density at radius 2 is 1.58 bits per heavy atom. The summed E-state index contributed by atoms with van der Waals surface area (Å²) < 4.78 is 7.54. The highest BCUT2D eigenvalue weighted by Crippen LogP contribution is 2.28. The van der Waals surface area contributed by atoms with Gasteiger partial charge in [-0.25, -0.2) is 0 Å². The van der Waals surface area contributed by atoms with E-state index in [1.807, 2.05) is 24.3 Å². The van der Waals surface area contributed by atoms with Gasteiger partial charge in [0, 0.05) is 21.8 Å². The van der Waals surface area contributed by atoms with E-state index in [0.717, 1.165) is 12.3 Å². The number of fused-ring (bicyclic) bond motifs is 3. The molecule has 0 saturated carbocycles. The summed E-state index contributed by atoms with van der Waals surface area (Å²) in [5.74, 6) is 0.930. The zero-order chi connectivity index (χ0) is 16.4. The van der Waals surface area contributed by atoms with E-state index in [9.17, 15) is 5.11 Å². The van der Waals surface area contributed by atoms with Gasteiger partial charge < -0.3 is 19.4 Å². The van der Waals surface area contributed by atoms with Crippen LogP contribution in [-0.2, 0) is 13.1 Å². The van der Waals surface area contributed by atoms with Crippen molar-refractivity contribution in [2.24, 2.45) is 0 Å². The lowest BCUT2D eigenvalue weighted by Gasteiger charge is -2.12. The molecule has 0 aliphatic carbocycles. The van der Waals surface area contributed by atoms with Gasteiger partial charge in [-0.05, 0) is 24.3 Å². The predicted molar refractivity (Wildman–Crippen MR) is 94.7 cm³/mol. The molecule has 122 valence electrons. The average molecular weight is 321 g/mol. The molecule has 2 heterocycles. The van der Waals surface area contributed by atoms with E-state index >= 15 is 0 Å². The van der Waals surface area contributed by atoms with Gasteiger partial charge in [0.2, 0.25) is 0 Å². The Hall–Kier alpha value is -2.56. The van der Waals surface area contributed by atoms with Crippen molar-refractivity contribution in [3.05, 3.63) is 72.7 Å². The fourth-order valence-corrected chi connectivity index (χ4v) is 3.33. The molecule has 4 rings (SSSR count). The third-order valence-electron chi connectivity index (χ3n) is 4.44. The van der Waals surface area contributed by atoms with Gasteiger partial charge in [0.1, 0.15) is 19.2 Å². The Balaban J connectivity index is 1.54. The molecule has 3 N–H and O–H groups in total. The zero-order valence-corrected chi connectivity index (χ0v) is 13.4. The van der Waals surface area contributed by atoms with E-state index in [-0.39, 0.29) is 0 Å². The predicted octanol–water partition coefficient (Wildman–Crippen LogP) is 2.51. The van der Waals surface area contributed by atoms with Crippen molar-refractivity contribution in [2.75, 3.05) is 6.54 Å². The second-order valence-electron chi connectivity index (χ2n) is 6.11. The first kappa shape index (κ1) is 15.0. The molecule has 0 bridgehead atoms. The Labute approximate surface area is 140 Å². The van der Waals surface area contributed by atoms with Crippen molar-refractivity contribution in [1.82, 2.24) is 4.57 Å². The first-order valence-corrected chi connectivity index (χ1v) is 8.31. The Kier molecular flexibility index (Phi) is 4.07. The third-order valence-corrected chi connectivity index (χ3v) is 4.44. The van der Waals surface area contributed by atoms with Crippen molar-refractivity contribution in [3.8, 4) is 0 Å². The second kappa shape index (κ2) is 6.51. The molecule has 0 aliphatic heterocycles. The van der Waals surface area contributed by atoms with Gasteiger partial charge in [-0.3, -0.25) is 0 Å². The Morgan fingerprint density at radius 1 is 0.917 bits per heavy atom. The molecule has 4 nitrogen and oxygen atoms in total. The number of aliphatic hydroxyl groups is 1. The van der Waals surface area contributed by atoms with E-state index in [4.69, 9.17) is 4.42 Å². The van der Waals surface area contributed by atoms with Gasteiger partial charge in [-0.1, -0.05) is 36.4 Å². The molecule has 2 aromatic heterocycles. The van der Waals surface area contributed by atoms with Gasteiger partial charge in [-0.2, -0.15) is 0 Å². The highest BCUT2D eigenvalue weighted by atomic mass is 16.3. The van der Waals surface area contributed by atoms with Crippen LogP contribution in [0.4, 0.5) is 0 Å². The first-order chi connectivity index (χ1) is 11.8. The maximum atomic E-state index is 10.5. The molecule has 1 unspecified atom stereocenters. The average Bonchev–Trinajstić information content (AvgIpc) is 3.23. The van der Waals surface area contributed by atoms with Gasteiger partial charge in [0.05, 0.1) is 12.8 Å². The fraction of sp³-hybridized carbons (Fsp3) is 0.200. The van der Waals surface area contributed by atoms with E-state index < -0.39 is 6.10 Å². The topological polar surface area (TPSA) is 54.9 Å². The van der Waals surface area contributed by atoms with Crippen LogP contribution in [0.1, 0.15) is 5.76 Å². The quantitative estimate of drug-likeness (QED) is 0.573. The number of furan rings is 1. The number of aliphatic hydroxyl groups excluding tert-OH is 1. The number of hydrogen-bond acceptors (Lipinski definition) is 2. The summed E-state index contributed by atoms with van der Waals surface area (Å²) in [6.45, 7) is 1.97. The number of para-hydroxylation sites is 2. The van der Waals surface area contributed by atoms with Crippen LogP contribution in [0.15, 0.2) is 71.3 Å². The van der Waals surface area contributed by atoms with Crippen molar-refractivity contribution < 1.29 is 14.8 Å². The second-order valence-corrected chi connectivity index (χ2v) is 6.11. The van der Waals surface area contributed by atoms with Crippen LogP contribution in [0, 0.1) is 0 Å². The molecule has 24 heavy (non-hydrogen) atoms. The molecule has 0 fully saturated rings. The number of aromatic nitrogens is 1. The van der Waals surface area contributed by atoms with E-state index in [0.29, 0.717) is 13.1 Å². The molecule has 0 radical (unpaired) electrons. The molecular weight excluding hydrogens is 300 g/mol. The summed E-state index contributed by atoms with van der Waals surface area (Å²) in [6.07, 6.45) is 1.26. The first-order valence-electron chi connectivity index (χ1n) is 8.31. The van der Waals surface area contributed by atoms with E-state index in [1.165, 1.54) is 21.8 Å². The third kappa shape index (κ3) is 2.82. The fourth-order valence-electron chi connectivity index (χ4n) is 3.33. The summed E-state index contributed by atoms with van der Waals surface area (Å²) in [6, 6.07) is 20.6. The van der Waals surface area contributed by atoms with Gasteiger partial charge >= 0.3 is 0 Å². The SMILES string of the molecule is OC(C[NH2+]Cc1ccco1)Cn1c2ccccc2c2ccccc21. The minimum Gasteiger partial charge on any atom is -0.463 e. The summed E-state index contributed by atoms with van der Waals surface area (Å²) in [7, 11) is 0. The van der Waals surface area contributed by atoms with Crippen LogP contribution < -0.4 is 5.32 Å². The van der Waals surface area contributed by atoms with Crippen LogP contribution in [0.2, 0.25) is 0 Å². The molecule has 4 heteroatoms. The summed E-state index contributed by atoms with van der Waals surface area (Å²) in [5.41, 5.74) is 2.34. The molecule has 0 spiro atoms. The normalized spacial score (nSPS) is 12.9. The van der Waals surface area contributed by atoms with Gasteiger partial charge in [0.25, 0.3) is 0 Å². The van der Waals surface area contributed by atoms with Crippen molar-refractivity contribution in [3.63, 3.8) is 0 Å². The zero-order valence-electron chi connectivity index (χ0n) is 13.4. The van der Waals surface area contributed by atoms with Crippen molar-refractivity contribution >= 4 is 21.8 Å². The standard InChI is InChI=1S/C20H20N2O2/c23-15(12-21-13-16-6-5-11-24-16)14-22-19-9-3-1-7-17(19)18-8-2-4-10-20(18)22/h1-11,15,21,23H,12-14H2/p+1. The van der Waals surface area contributed by atoms with Crippen LogP contribution in [0.3, 0.4) is 0 Å². The maximum absolute atomic E-state index is 10.5. The number of benzene rings is 2. The minimum atomic E-state index is -0.417. The highest BCUT2D eigenvalue weighted by Gasteiger charge is 2.14. The molecule has 1 atom stereocenters. The molecule has 2 aromatic carbocycles. The van der Waals surface area contributed by atoms with Crippen LogP contribution in [0.25, 0.3) is 21.8 Å². The number of quaternary nitrogens is 1. The van der Waals surface area contributed by atoms with Crippen LogP contribution in [0.5, 0.6) is 0 Å². The van der Waals surface area contributed by atoms with Gasteiger partial charge in [0.15, 0.2) is 5.76 Å². The molecule has 0 aliphatic rings. The maximum Gasteiger partial charge on any atom is 0.157 e. The van der Waals surface area contributed by atoms with Crippen LogP contribution >= 0.6 is 0 Å². The minimum absolute atomic E-state index is 0.417. The summed E-state index contributed by atoms with van der Waals surface area (Å²) in [5, 5.41) is 15.0. The smallest absolute Gasteiger partial charge is 0.157 e. The number of nitrogens with two attached hydrogens (primary N) is 1. The van der Waals surface area contributed by atoms with Gasteiger partial charge in [-0.15, -0.1) is 0 Å².